The van der Waals surface area contributed by atoms with E-state index in [1.807, 2.05) is 13.0 Å². The topological polar surface area (TPSA) is 73.2 Å². The second-order valence-electron chi connectivity index (χ2n) is 6.22. The van der Waals surface area contributed by atoms with E-state index in [0.717, 1.165) is 10.0 Å². The van der Waals surface area contributed by atoms with Crippen LogP contribution >= 0.6 is 27.5 Å². The number of hydrogen-bond acceptors (Lipinski definition) is 4. The molecule has 0 aliphatic rings. The average Bonchev–Trinajstić information content (AvgIpc) is 2.97. The molecule has 2 aromatic carbocycles. The fraction of sp³-hybridized carbons (Fsp3) is 0.150. The third kappa shape index (κ3) is 4.83. The highest BCUT2D eigenvalue weighted by Gasteiger charge is 2.23. The van der Waals surface area contributed by atoms with Gasteiger partial charge in [-0.3, -0.25) is 4.79 Å². The van der Waals surface area contributed by atoms with Crippen molar-refractivity contribution in [3.05, 3.63) is 74.7 Å². The molecule has 1 aromatic heterocycles. The molecular weight excluding hydrogens is 465 g/mol. The Morgan fingerprint density at radius 2 is 1.90 bits per heavy atom. The molecule has 3 rings (SSSR count). The van der Waals surface area contributed by atoms with Gasteiger partial charge in [-0.15, -0.1) is 0 Å². The van der Waals surface area contributed by atoms with E-state index in [4.69, 9.17) is 16.3 Å². The highest BCUT2D eigenvalue weighted by molar-refractivity contribution is 9.10. The molecule has 9 heteroatoms. The van der Waals surface area contributed by atoms with E-state index in [-0.39, 0.29) is 10.7 Å². The largest absolute Gasteiger partial charge is 0.452 e. The number of anilines is 1. The molecule has 6 nitrogen and oxygen atoms in total. The molecule has 1 N–H and O–H groups in total. The van der Waals surface area contributed by atoms with Crippen molar-refractivity contribution in [2.75, 3.05) is 11.9 Å². The van der Waals surface area contributed by atoms with Crippen LogP contribution < -0.4 is 5.32 Å². The first kappa shape index (κ1) is 21.0. The maximum absolute atomic E-state index is 13.1. The van der Waals surface area contributed by atoms with Gasteiger partial charge in [0.25, 0.3) is 5.91 Å². The Morgan fingerprint density at radius 3 is 2.55 bits per heavy atom. The molecule has 0 aliphatic carbocycles. The molecule has 0 fully saturated rings. The molecular formula is C20H16BrClFN3O3. The summed E-state index contributed by atoms with van der Waals surface area (Å²) in [6.07, 6.45) is 0. The lowest BCUT2D eigenvalue weighted by molar-refractivity contribution is -0.119. The van der Waals surface area contributed by atoms with Gasteiger partial charge in [0, 0.05) is 10.2 Å². The number of aromatic nitrogens is 2. The van der Waals surface area contributed by atoms with Crippen molar-refractivity contribution in [2.24, 2.45) is 0 Å². The number of nitrogens with one attached hydrogen (secondary N) is 1. The zero-order chi connectivity index (χ0) is 21.1. The molecule has 29 heavy (non-hydrogen) atoms. The standard InChI is InChI=1S/C20H16BrClFN3O3/c1-11-9-13(21)3-8-16(11)24-17(27)10-29-20(28)18-12(2)25-26(19(18)22)15-6-4-14(23)5-7-15/h3-9H,10H2,1-2H3,(H,24,27). The number of carbonyl (C=O) groups excluding carboxylic acids is 2. The van der Waals surface area contributed by atoms with Crippen LogP contribution in [0.3, 0.4) is 0 Å². The van der Waals surface area contributed by atoms with Crippen LogP contribution in [0.5, 0.6) is 0 Å². The molecule has 0 bridgehead atoms. The summed E-state index contributed by atoms with van der Waals surface area (Å²) in [4.78, 5) is 24.6. The predicted octanol–water partition coefficient (Wildman–Crippen LogP) is 4.84. The first-order valence-corrected chi connectivity index (χ1v) is 9.67. The van der Waals surface area contributed by atoms with E-state index in [1.54, 1.807) is 19.1 Å². The zero-order valence-corrected chi connectivity index (χ0v) is 17.8. The number of hydrogen-bond donors (Lipinski definition) is 1. The molecule has 3 aromatic rings. The normalized spacial score (nSPS) is 10.7. The monoisotopic (exact) mass is 479 g/mol. The summed E-state index contributed by atoms with van der Waals surface area (Å²) < 4.78 is 20.4. The first-order valence-electron chi connectivity index (χ1n) is 8.50. The summed E-state index contributed by atoms with van der Waals surface area (Å²) in [7, 11) is 0. The van der Waals surface area contributed by atoms with Gasteiger partial charge >= 0.3 is 5.97 Å². The number of halogens is 3. The van der Waals surface area contributed by atoms with Crippen molar-refractivity contribution >= 4 is 45.1 Å². The highest BCUT2D eigenvalue weighted by Crippen LogP contribution is 2.25. The molecule has 0 spiro atoms. The molecule has 1 amide bonds. The fourth-order valence-electron chi connectivity index (χ4n) is 2.64. The van der Waals surface area contributed by atoms with E-state index < -0.39 is 24.3 Å². The van der Waals surface area contributed by atoms with E-state index in [2.05, 4.69) is 26.3 Å². The van der Waals surface area contributed by atoms with Crippen LogP contribution in [0.15, 0.2) is 46.9 Å². The van der Waals surface area contributed by atoms with Crippen LogP contribution in [0.1, 0.15) is 21.6 Å². The third-order valence-electron chi connectivity index (χ3n) is 4.08. The Kier molecular flexibility index (Phi) is 6.34. The van der Waals surface area contributed by atoms with Crippen LogP contribution in [-0.2, 0) is 9.53 Å². The van der Waals surface area contributed by atoms with Crippen molar-refractivity contribution in [3.63, 3.8) is 0 Å². The second-order valence-corrected chi connectivity index (χ2v) is 7.50. The number of ether oxygens (including phenoxy) is 1. The predicted molar refractivity (Wildman–Crippen MR) is 111 cm³/mol. The molecule has 1 heterocycles. The Balaban J connectivity index is 1.69. The molecule has 0 atom stereocenters. The summed E-state index contributed by atoms with van der Waals surface area (Å²) in [6, 6.07) is 10.9. The SMILES string of the molecule is Cc1cc(Br)ccc1NC(=O)COC(=O)c1c(C)nn(-c2ccc(F)cc2)c1Cl. The Morgan fingerprint density at radius 1 is 1.21 bits per heavy atom. The number of benzene rings is 2. The molecule has 0 unspecified atom stereocenters. The summed E-state index contributed by atoms with van der Waals surface area (Å²) in [6.45, 7) is 2.96. The molecule has 150 valence electrons. The quantitative estimate of drug-likeness (QED) is 0.530. The third-order valence-corrected chi connectivity index (χ3v) is 4.92. The van der Waals surface area contributed by atoms with Crippen LogP contribution in [0.4, 0.5) is 10.1 Å². The smallest absolute Gasteiger partial charge is 0.343 e. The van der Waals surface area contributed by atoms with Gasteiger partial charge in [0.2, 0.25) is 0 Å². The molecule has 0 saturated carbocycles. The fourth-order valence-corrected chi connectivity index (χ4v) is 3.47. The van der Waals surface area contributed by atoms with E-state index >= 15 is 0 Å². The lowest BCUT2D eigenvalue weighted by Crippen LogP contribution is -2.21. The average molecular weight is 481 g/mol. The minimum atomic E-state index is -0.775. The lowest BCUT2D eigenvalue weighted by Gasteiger charge is -2.09. The summed E-state index contributed by atoms with van der Waals surface area (Å²) in [5, 5.41) is 6.90. The van der Waals surface area contributed by atoms with E-state index in [9.17, 15) is 14.0 Å². The van der Waals surface area contributed by atoms with E-state index in [0.29, 0.717) is 17.1 Å². The Bertz CT molecular complexity index is 1080. The zero-order valence-electron chi connectivity index (χ0n) is 15.5. The second kappa shape index (κ2) is 8.75. The maximum atomic E-state index is 13.1. The van der Waals surface area contributed by atoms with Crippen molar-refractivity contribution < 1.29 is 18.7 Å². The number of esters is 1. The van der Waals surface area contributed by atoms with Crippen molar-refractivity contribution in [2.45, 2.75) is 13.8 Å². The van der Waals surface area contributed by atoms with Crippen LogP contribution in [0.25, 0.3) is 5.69 Å². The van der Waals surface area contributed by atoms with Gasteiger partial charge < -0.3 is 10.1 Å². The Labute approximate surface area is 179 Å². The van der Waals surface area contributed by atoms with Crippen molar-refractivity contribution in [1.82, 2.24) is 9.78 Å². The number of rotatable bonds is 5. The minimum Gasteiger partial charge on any atom is -0.452 e. The first-order chi connectivity index (χ1) is 13.8. The number of carbonyl (C=O) groups is 2. The Hall–Kier alpha value is -2.71. The van der Waals surface area contributed by atoms with Gasteiger partial charge in [-0.05, 0) is 61.9 Å². The van der Waals surface area contributed by atoms with Crippen LogP contribution in [0, 0.1) is 19.7 Å². The molecule has 0 radical (unpaired) electrons. The molecule has 0 saturated heterocycles. The van der Waals surface area contributed by atoms with Crippen molar-refractivity contribution in [1.29, 1.82) is 0 Å². The maximum Gasteiger partial charge on any atom is 0.343 e. The number of nitrogens with zero attached hydrogens (tertiary/aromatic N) is 2. The number of amides is 1. The van der Waals surface area contributed by atoms with Gasteiger partial charge in [0.1, 0.15) is 16.5 Å². The van der Waals surface area contributed by atoms with Gasteiger partial charge in [0.15, 0.2) is 6.61 Å². The summed E-state index contributed by atoms with van der Waals surface area (Å²) in [5.41, 5.74) is 2.34. The lowest BCUT2D eigenvalue weighted by atomic mass is 10.2. The summed E-state index contributed by atoms with van der Waals surface area (Å²) in [5.74, 6) is -1.66. The van der Waals surface area contributed by atoms with Gasteiger partial charge in [-0.25, -0.2) is 13.9 Å². The highest BCUT2D eigenvalue weighted by atomic mass is 79.9. The van der Waals surface area contributed by atoms with Crippen LogP contribution in [0.2, 0.25) is 5.15 Å². The van der Waals surface area contributed by atoms with Gasteiger partial charge in [-0.2, -0.15) is 5.10 Å². The molecule has 0 aliphatic heterocycles. The van der Waals surface area contributed by atoms with Crippen LogP contribution in [-0.4, -0.2) is 28.3 Å². The van der Waals surface area contributed by atoms with Gasteiger partial charge in [-0.1, -0.05) is 27.5 Å². The minimum absolute atomic E-state index is 0.0169. The van der Waals surface area contributed by atoms with E-state index in [1.165, 1.54) is 28.9 Å². The number of aryl methyl sites for hydroxylation is 2. The van der Waals surface area contributed by atoms with Crippen molar-refractivity contribution in [3.8, 4) is 5.69 Å². The summed E-state index contributed by atoms with van der Waals surface area (Å²) >= 11 is 9.63. The van der Waals surface area contributed by atoms with Gasteiger partial charge in [0.05, 0.1) is 11.4 Å².